The Kier molecular flexibility index (Phi) is 8.97. The number of nitrogens with one attached hydrogen (secondary N) is 1. The van der Waals surface area contributed by atoms with Crippen molar-refractivity contribution in [1.82, 2.24) is 5.32 Å². The van der Waals surface area contributed by atoms with Gasteiger partial charge in [-0.05, 0) is 37.6 Å². The summed E-state index contributed by atoms with van der Waals surface area (Å²) in [5.41, 5.74) is -0.00526. The molecule has 0 heterocycles. The van der Waals surface area contributed by atoms with Gasteiger partial charge in [0.05, 0.1) is 0 Å². The zero-order valence-corrected chi connectivity index (χ0v) is 14.6. The second-order valence-electron chi connectivity index (χ2n) is 4.54. The van der Waals surface area contributed by atoms with E-state index in [1.54, 1.807) is 6.07 Å². The van der Waals surface area contributed by atoms with Crippen molar-refractivity contribution in [3.63, 3.8) is 0 Å². The first kappa shape index (κ1) is 20.1. The van der Waals surface area contributed by atoms with E-state index in [4.69, 9.17) is 10.00 Å². The van der Waals surface area contributed by atoms with Gasteiger partial charge in [-0.15, -0.1) is 0 Å². The molecule has 5 nitrogen and oxygen atoms in total. The number of nitriles is 1. The lowest BCUT2D eigenvalue weighted by molar-refractivity contribution is -0.117. The number of alkyl halides is 2. The summed E-state index contributed by atoms with van der Waals surface area (Å²) in [7, 11) is 0. The third-order valence-corrected chi connectivity index (χ3v) is 3.30. The van der Waals surface area contributed by atoms with Gasteiger partial charge in [0.2, 0.25) is 0 Å². The summed E-state index contributed by atoms with van der Waals surface area (Å²) in [6, 6.07) is 6.10. The minimum Gasteiger partial charge on any atom is -0.434 e. The molecule has 1 aromatic rings. The number of nitrogens with zero attached hydrogens (tertiary/aromatic N) is 1. The van der Waals surface area contributed by atoms with Gasteiger partial charge >= 0.3 is 6.61 Å². The zero-order valence-electron chi connectivity index (χ0n) is 13.0. The number of rotatable bonds is 9. The molecule has 0 saturated carbocycles. The van der Waals surface area contributed by atoms with E-state index in [-0.39, 0.29) is 16.9 Å². The Morgan fingerprint density at radius 2 is 2.25 bits per heavy atom. The van der Waals surface area contributed by atoms with Crippen LogP contribution in [-0.4, -0.2) is 32.3 Å². The summed E-state index contributed by atoms with van der Waals surface area (Å²) < 4.78 is 35.0. The van der Waals surface area contributed by atoms with Crippen LogP contribution in [0.4, 0.5) is 8.78 Å². The molecule has 1 rings (SSSR count). The van der Waals surface area contributed by atoms with E-state index in [9.17, 15) is 13.6 Å². The topological polar surface area (TPSA) is 71.3 Å². The predicted octanol–water partition coefficient (Wildman–Crippen LogP) is 3.50. The first-order chi connectivity index (χ1) is 11.5. The molecule has 0 unspecified atom stereocenters. The van der Waals surface area contributed by atoms with E-state index in [0.717, 1.165) is 0 Å². The molecule has 0 aliphatic carbocycles. The highest BCUT2D eigenvalue weighted by Crippen LogP contribution is 2.27. The van der Waals surface area contributed by atoms with Crippen molar-refractivity contribution in [3.8, 4) is 11.8 Å². The molecule has 0 aliphatic rings. The fourth-order valence-corrected chi connectivity index (χ4v) is 2.13. The molecule has 0 atom stereocenters. The number of amides is 1. The SMILES string of the molecule is CCOCCCNC(=O)/C(C#N)=C/c1cc(Br)ccc1OC(F)F. The molecule has 0 fully saturated rings. The van der Waals surface area contributed by atoms with Crippen LogP contribution >= 0.6 is 15.9 Å². The smallest absolute Gasteiger partial charge is 0.387 e. The molecule has 0 spiro atoms. The number of carbonyl (C=O) groups excluding carboxylic acids is 1. The van der Waals surface area contributed by atoms with E-state index in [1.165, 1.54) is 24.3 Å². The van der Waals surface area contributed by atoms with E-state index in [2.05, 4.69) is 26.0 Å². The Morgan fingerprint density at radius 3 is 2.88 bits per heavy atom. The summed E-state index contributed by atoms with van der Waals surface area (Å²) in [6.07, 6.45) is 1.81. The van der Waals surface area contributed by atoms with Gasteiger partial charge in [-0.2, -0.15) is 14.0 Å². The van der Waals surface area contributed by atoms with Gasteiger partial charge in [0.25, 0.3) is 5.91 Å². The molecule has 130 valence electrons. The summed E-state index contributed by atoms with van der Waals surface area (Å²) in [4.78, 5) is 12.0. The summed E-state index contributed by atoms with van der Waals surface area (Å²) in [5, 5.41) is 11.7. The normalized spacial score (nSPS) is 11.2. The maximum absolute atomic E-state index is 12.4. The molecule has 8 heteroatoms. The van der Waals surface area contributed by atoms with Crippen molar-refractivity contribution in [2.24, 2.45) is 0 Å². The zero-order chi connectivity index (χ0) is 17.9. The van der Waals surface area contributed by atoms with Gasteiger partial charge in [0.15, 0.2) is 0 Å². The van der Waals surface area contributed by atoms with Gasteiger partial charge < -0.3 is 14.8 Å². The van der Waals surface area contributed by atoms with Crippen molar-refractivity contribution < 1.29 is 23.0 Å². The molecule has 1 amide bonds. The first-order valence-corrected chi connectivity index (χ1v) is 7.99. The van der Waals surface area contributed by atoms with Crippen LogP contribution in [0.5, 0.6) is 5.75 Å². The van der Waals surface area contributed by atoms with Crippen LogP contribution in [0.2, 0.25) is 0 Å². The maximum Gasteiger partial charge on any atom is 0.387 e. The second kappa shape index (κ2) is 10.7. The van der Waals surface area contributed by atoms with Crippen LogP contribution in [0.3, 0.4) is 0 Å². The average Bonchev–Trinajstić information content (AvgIpc) is 2.54. The number of hydrogen-bond donors (Lipinski definition) is 1. The maximum atomic E-state index is 12.4. The van der Waals surface area contributed by atoms with Crippen LogP contribution < -0.4 is 10.1 Å². The minimum absolute atomic E-state index is 0.120. The summed E-state index contributed by atoms with van der Waals surface area (Å²) in [6.45, 7) is 0.298. The van der Waals surface area contributed by atoms with Crippen LogP contribution in [0, 0.1) is 11.3 Å². The number of hydrogen-bond acceptors (Lipinski definition) is 4. The van der Waals surface area contributed by atoms with Gasteiger partial charge in [0, 0.05) is 29.8 Å². The van der Waals surface area contributed by atoms with Gasteiger partial charge in [-0.25, -0.2) is 0 Å². The molecule has 0 bridgehead atoms. The lowest BCUT2D eigenvalue weighted by Gasteiger charge is -2.09. The summed E-state index contributed by atoms with van der Waals surface area (Å²) in [5.74, 6) is -0.706. The Bertz CT molecular complexity index is 630. The highest BCUT2D eigenvalue weighted by atomic mass is 79.9. The Morgan fingerprint density at radius 1 is 1.50 bits per heavy atom. The fraction of sp³-hybridized carbons (Fsp3) is 0.375. The van der Waals surface area contributed by atoms with Crippen molar-refractivity contribution in [2.45, 2.75) is 20.0 Å². The lowest BCUT2D eigenvalue weighted by atomic mass is 10.1. The molecule has 1 aromatic carbocycles. The van der Waals surface area contributed by atoms with Crippen molar-refractivity contribution in [3.05, 3.63) is 33.8 Å². The third kappa shape index (κ3) is 7.06. The van der Waals surface area contributed by atoms with Gasteiger partial charge in [0.1, 0.15) is 17.4 Å². The lowest BCUT2D eigenvalue weighted by Crippen LogP contribution is -2.26. The van der Waals surface area contributed by atoms with Crippen LogP contribution in [0.15, 0.2) is 28.2 Å². The van der Waals surface area contributed by atoms with E-state index in [0.29, 0.717) is 30.7 Å². The molecule has 0 radical (unpaired) electrons. The second-order valence-corrected chi connectivity index (χ2v) is 5.45. The molecule has 24 heavy (non-hydrogen) atoms. The van der Waals surface area contributed by atoms with Crippen molar-refractivity contribution >= 4 is 27.9 Å². The van der Waals surface area contributed by atoms with Gasteiger partial charge in [-0.3, -0.25) is 4.79 Å². The number of halogens is 3. The Balaban J connectivity index is 2.85. The largest absolute Gasteiger partial charge is 0.434 e. The van der Waals surface area contributed by atoms with E-state index < -0.39 is 12.5 Å². The van der Waals surface area contributed by atoms with Crippen molar-refractivity contribution in [1.29, 1.82) is 5.26 Å². The third-order valence-electron chi connectivity index (χ3n) is 2.81. The molecule has 0 aromatic heterocycles. The number of ether oxygens (including phenoxy) is 2. The van der Waals surface area contributed by atoms with Crippen LogP contribution in [0.25, 0.3) is 6.08 Å². The first-order valence-electron chi connectivity index (χ1n) is 7.20. The predicted molar refractivity (Wildman–Crippen MR) is 88.5 cm³/mol. The van der Waals surface area contributed by atoms with Crippen LogP contribution in [-0.2, 0) is 9.53 Å². The average molecular weight is 403 g/mol. The molecular formula is C16H17BrF2N2O3. The Labute approximate surface area is 147 Å². The molecule has 0 saturated heterocycles. The highest BCUT2D eigenvalue weighted by molar-refractivity contribution is 9.10. The fourth-order valence-electron chi connectivity index (χ4n) is 1.76. The minimum atomic E-state index is -3.00. The number of carbonyl (C=O) groups is 1. The van der Waals surface area contributed by atoms with E-state index in [1.807, 2.05) is 6.92 Å². The van der Waals surface area contributed by atoms with E-state index >= 15 is 0 Å². The van der Waals surface area contributed by atoms with Crippen LogP contribution in [0.1, 0.15) is 18.9 Å². The van der Waals surface area contributed by atoms with Crippen molar-refractivity contribution in [2.75, 3.05) is 19.8 Å². The summed E-state index contributed by atoms with van der Waals surface area (Å²) >= 11 is 3.21. The molecule has 0 aliphatic heterocycles. The quantitative estimate of drug-likeness (QED) is 0.389. The van der Waals surface area contributed by atoms with Gasteiger partial charge in [-0.1, -0.05) is 15.9 Å². The highest BCUT2D eigenvalue weighted by Gasteiger charge is 2.13. The Hall–Kier alpha value is -1.98. The molecule has 1 N–H and O–H groups in total. The molecular weight excluding hydrogens is 386 g/mol. The standard InChI is InChI=1S/C16H17BrF2N2O3/c1-2-23-7-3-6-21-15(22)12(10-20)8-11-9-13(17)4-5-14(11)24-16(18)19/h4-5,8-9,16H,2-3,6-7H2,1H3,(H,21,22)/b12-8+. The monoisotopic (exact) mass is 402 g/mol. The number of benzene rings is 1.